The molecule has 0 atom stereocenters. The third kappa shape index (κ3) is 3.84. The van der Waals surface area contributed by atoms with Gasteiger partial charge in [-0.1, -0.05) is 0 Å². The van der Waals surface area contributed by atoms with Crippen LogP contribution in [0.3, 0.4) is 0 Å². The molecule has 0 aliphatic heterocycles. The zero-order valence-electron chi connectivity index (χ0n) is 8.08. The van der Waals surface area contributed by atoms with Gasteiger partial charge < -0.3 is 9.90 Å². The minimum Gasteiger partial charge on any atom is -0.545 e. The fourth-order valence-corrected chi connectivity index (χ4v) is 0.924. The maximum Gasteiger partial charge on any atom is 1.00 e. The molecule has 0 unspecified atom stereocenters. The number of nitro groups is 2. The van der Waals surface area contributed by atoms with Gasteiger partial charge in [-0.3, -0.25) is 20.2 Å². The van der Waals surface area contributed by atoms with Crippen LogP contribution in [0.15, 0.2) is 18.2 Å². The van der Waals surface area contributed by atoms with Crippen molar-refractivity contribution in [2.45, 2.75) is 0 Å². The number of hydrogen-bond donors (Lipinski definition) is 0. The van der Waals surface area contributed by atoms with Gasteiger partial charge in [-0.15, -0.1) is 0 Å². The number of aromatic carboxylic acids is 1. The van der Waals surface area contributed by atoms with Crippen LogP contribution in [0.2, 0.25) is 0 Å². The van der Waals surface area contributed by atoms with Crippen LogP contribution in [0.1, 0.15) is 10.4 Å². The van der Waals surface area contributed by atoms with Gasteiger partial charge in [0.15, 0.2) is 0 Å². The van der Waals surface area contributed by atoms with Gasteiger partial charge in [0.1, 0.15) is 0 Å². The number of non-ortho nitro benzene ring substituents is 2. The number of carbonyl (C=O) groups is 1. The molecule has 9 heteroatoms. The Morgan fingerprint density at radius 1 is 1.00 bits per heavy atom. The van der Waals surface area contributed by atoms with Gasteiger partial charge in [-0.05, 0) is 0 Å². The second-order valence-electron chi connectivity index (χ2n) is 2.54. The molecule has 1 aromatic rings. The van der Waals surface area contributed by atoms with Gasteiger partial charge >= 0.3 is 68.9 Å². The Bertz CT molecular complexity index is 381. The van der Waals surface area contributed by atoms with Crippen molar-refractivity contribution in [2.75, 3.05) is 0 Å². The van der Waals surface area contributed by atoms with E-state index in [2.05, 4.69) is 0 Å². The van der Waals surface area contributed by atoms with E-state index in [9.17, 15) is 30.1 Å². The molecule has 0 N–H and O–H groups in total. The summed E-state index contributed by atoms with van der Waals surface area (Å²) in [5.74, 6) is -1.71. The Kier molecular flexibility index (Phi) is 6.14. The second kappa shape index (κ2) is 6.32. The first-order valence-electron chi connectivity index (χ1n) is 3.57. The van der Waals surface area contributed by atoms with Crippen molar-refractivity contribution in [1.29, 1.82) is 0 Å². The molecule has 0 spiro atoms. The summed E-state index contributed by atoms with van der Waals surface area (Å²) >= 11 is 0. The zero-order chi connectivity index (χ0) is 11.6. The normalized spacial score (nSPS) is 9.00. The van der Waals surface area contributed by atoms with Gasteiger partial charge in [0.25, 0.3) is 11.4 Å². The molecular weight excluding hydrogens is 341 g/mol. The van der Waals surface area contributed by atoms with E-state index in [0.29, 0.717) is 18.2 Å². The van der Waals surface area contributed by atoms with Crippen LogP contribution in [-0.2, 0) is 0 Å². The molecule has 1 aromatic carbocycles. The van der Waals surface area contributed by atoms with Gasteiger partial charge in [0.2, 0.25) is 0 Å². The van der Waals surface area contributed by atoms with Crippen molar-refractivity contribution in [3.63, 3.8) is 0 Å². The van der Waals surface area contributed by atoms with Crippen LogP contribution in [0, 0.1) is 20.2 Å². The van der Waals surface area contributed by atoms with Crippen molar-refractivity contribution < 1.29 is 88.6 Å². The Morgan fingerprint density at radius 2 is 1.38 bits per heavy atom. The van der Waals surface area contributed by atoms with E-state index < -0.39 is 32.8 Å². The third-order valence-electron chi connectivity index (χ3n) is 1.56. The first kappa shape index (κ1) is 15.5. The fourth-order valence-electron chi connectivity index (χ4n) is 0.924. The number of nitro benzene ring substituents is 2. The summed E-state index contributed by atoms with van der Waals surface area (Å²) in [7, 11) is 0. The van der Waals surface area contributed by atoms with E-state index in [1.54, 1.807) is 0 Å². The Balaban J connectivity index is 0.00000225. The average molecular weight is 344 g/mol. The smallest absolute Gasteiger partial charge is 0.545 e. The summed E-state index contributed by atoms with van der Waals surface area (Å²) < 4.78 is 0. The molecule has 8 nitrogen and oxygen atoms in total. The van der Waals surface area contributed by atoms with Crippen LogP contribution >= 0.6 is 0 Å². The predicted molar refractivity (Wildman–Crippen MR) is 44.1 cm³/mol. The van der Waals surface area contributed by atoms with Crippen molar-refractivity contribution in [1.82, 2.24) is 0 Å². The molecule has 0 saturated heterocycles. The van der Waals surface area contributed by atoms with E-state index in [-0.39, 0.29) is 68.9 Å². The molecule has 0 aromatic heterocycles. The SMILES string of the molecule is O=C([O-])c1cc([N+](=O)[O-])cc([N+](=O)[O-])c1.[Cs+]. The van der Waals surface area contributed by atoms with Gasteiger partial charge in [-0.25, -0.2) is 0 Å². The van der Waals surface area contributed by atoms with Crippen LogP contribution in [0.4, 0.5) is 11.4 Å². The number of hydrogen-bond acceptors (Lipinski definition) is 6. The average Bonchev–Trinajstić information content (AvgIpc) is 2.16. The first-order valence-corrected chi connectivity index (χ1v) is 3.57. The molecule has 16 heavy (non-hydrogen) atoms. The first-order chi connectivity index (χ1) is 6.91. The minimum atomic E-state index is -1.71. The maximum atomic E-state index is 10.4. The summed E-state index contributed by atoms with van der Waals surface area (Å²) in [6, 6.07) is 2.07. The fraction of sp³-hybridized carbons (Fsp3) is 0. The van der Waals surface area contributed by atoms with Crippen molar-refractivity contribution in [3.05, 3.63) is 44.0 Å². The Hall–Kier alpha value is -0.458. The molecule has 0 saturated carbocycles. The van der Waals surface area contributed by atoms with E-state index in [0.717, 1.165) is 0 Å². The number of nitrogens with zero attached hydrogens (tertiary/aromatic N) is 2. The van der Waals surface area contributed by atoms with Crippen molar-refractivity contribution in [3.8, 4) is 0 Å². The van der Waals surface area contributed by atoms with Crippen LogP contribution in [0.5, 0.6) is 0 Å². The number of carboxylic acids is 1. The summed E-state index contributed by atoms with van der Waals surface area (Å²) in [6.07, 6.45) is 0. The summed E-state index contributed by atoms with van der Waals surface area (Å²) in [6.45, 7) is 0. The van der Waals surface area contributed by atoms with Gasteiger partial charge in [0.05, 0.1) is 21.9 Å². The largest absolute Gasteiger partial charge is 1.00 e. The second-order valence-corrected chi connectivity index (χ2v) is 2.54. The molecule has 0 aliphatic carbocycles. The minimum absolute atomic E-state index is 0. The van der Waals surface area contributed by atoms with E-state index in [1.165, 1.54) is 0 Å². The summed E-state index contributed by atoms with van der Waals surface area (Å²) in [5, 5.41) is 31.0. The molecule has 0 aliphatic rings. The van der Waals surface area contributed by atoms with Gasteiger partial charge in [0, 0.05) is 17.7 Å². The quantitative estimate of drug-likeness (QED) is 0.422. The van der Waals surface area contributed by atoms with E-state index >= 15 is 0 Å². The Labute approximate surface area is 147 Å². The topological polar surface area (TPSA) is 126 Å². The Morgan fingerprint density at radius 3 is 1.62 bits per heavy atom. The van der Waals surface area contributed by atoms with E-state index in [1.807, 2.05) is 0 Å². The predicted octanol–water partition coefficient (Wildman–Crippen LogP) is -3.13. The summed E-state index contributed by atoms with van der Waals surface area (Å²) in [5.41, 5.74) is -1.93. The molecule has 0 fully saturated rings. The number of carboxylic acid groups (broad SMARTS) is 1. The molecule has 0 heterocycles. The number of carbonyl (C=O) groups excluding carboxylic acids is 1. The number of benzene rings is 1. The standard InChI is InChI=1S/C7H4N2O6.Cs/c10-7(11)4-1-5(8(12)13)3-6(2-4)9(14)15;/h1-3H,(H,10,11);/q;+1/p-1. The maximum absolute atomic E-state index is 10.4. The monoisotopic (exact) mass is 344 g/mol. The number of rotatable bonds is 3. The molecular formula is C7H3CsN2O6. The molecule has 78 valence electrons. The molecule has 0 bridgehead atoms. The van der Waals surface area contributed by atoms with Crippen LogP contribution in [0.25, 0.3) is 0 Å². The van der Waals surface area contributed by atoms with Crippen molar-refractivity contribution >= 4 is 17.3 Å². The third-order valence-corrected chi connectivity index (χ3v) is 1.56. The van der Waals surface area contributed by atoms with Crippen LogP contribution in [-0.4, -0.2) is 15.8 Å². The molecule has 0 radical (unpaired) electrons. The van der Waals surface area contributed by atoms with Crippen molar-refractivity contribution in [2.24, 2.45) is 0 Å². The zero-order valence-corrected chi connectivity index (χ0v) is 14.4. The molecule has 0 amide bonds. The van der Waals surface area contributed by atoms with Gasteiger partial charge in [-0.2, -0.15) is 0 Å². The summed E-state index contributed by atoms with van der Waals surface area (Å²) in [4.78, 5) is 29.2. The molecule has 1 rings (SSSR count). The van der Waals surface area contributed by atoms with Crippen LogP contribution < -0.4 is 74.0 Å². The van der Waals surface area contributed by atoms with E-state index in [4.69, 9.17) is 0 Å².